The molecule has 3 N–H and O–H groups in total. The summed E-state index contributed by atoms with van der Waals surface area (Å²) >= 11 is 0. The van der Waals surface area contributed by atoms with Gasteiger partial charge in [0.05, 0.1) is 32.8 Å². The van der Waals surface area contributed by atoms with Crippen molar-refractivity contribution >= 4 is 39.5 Å². The standard InChI is InChI=1S/C81H144O17P2/c1-5-9-13-17-21-25-29-33-37-41-45-49-53-57-61-65-78(83)91-71-76(97-80(85)67-63-59-55-51-47-43-39-35-31-27-23-19-15-11-7-3)73-95-99(87,88)93-69-75(82)70-94-100(89,90)96-74-77(98-81(86)68-64-60-56-52-48-44-40-36-32-28-24-20-16-12-8-4)72-92-79(84)66-62-58-54-50-46-42-38-34-30-26-22-18-14-10-6-2/h9,13,21,23,25,27,33,35,37,39,45,49,57,61,75-77,82H,5-8,10-12,14-20,22,24,26,28-32,34,36,38,40-44,46-48,50-56,58-60,62-74H2,1-4H3,(H,87,88)(H,89,90)/b13-9-,25-21-,27-23-,37-33-,39-35-,49-45-,61-57-. The van der Waals surface area contributed by atoms with E-state index in [0.717, 1.165) is 116 Å². The third-order valence-electron chi connectivity index (χ3n) is 16.9. The Morgan fingerprint density at radius 3 is 0.910 bits per heavy atom. The van der Waals surface area contributed by atoms with Crippen molar-refractivity contribution in [2.24, 2.45) is 0 Å². The molecule has 0 aromatic rings. The van der Waals surface area contributed by atoms with Crippen LogP contribution in [0.25, 0.3) is 0 Å². The molecule has 0 fully saturated rings. The monoisotopic (exact) mass is 1450 g/mol. The van der Waals surface area contributed by atoms with Gasteiger partial charge in [0.2, 0.25) is 0 Å². The molecule has 0 bridgehead atoms. The maximum absolute atomic E-state index is 13.1. The van der Waals surface area contributed by atoms with Crippen LogP contribution in [-0.4, -0.2) is 96.7 Å². The van der Waals surface area contributed by atoms with E-state index in [1.54, 1.807) is 6.08 Å². The van der Waals surface area contributed by atoms with Gasteiger partial charge in [0.25, 0.3) is 0 Å². The van der Waals surface area contributed by atoms with Gasteiger partial charge >= 0.3 is 39.5 Å². The molecular weight excluding hydrogens is 1310 g/mol. The number of aliphatic hydroxyl groups excluding tert-OH is 1. The molecule has 0 aliphatic carbocycles. The van der Waals surface area contributed by atoms with E-state index < -0.39 is 97.5 Å². The smallest absolute Gasteiger partial charge is 0.462 e. The molecule has 580 valence electrons. The molecule has 0 aliphatic rings. The molecule has 0 rings (SSSR count). The summed E-state index contributed by atoms with van der Waals surface area (Å²) in [4.78, 5) is 72.9. The average molecular weight is 1450 g/mol. The van der Waals surface area contributed by atoms with Crippen LogP contribution in [0.5, 0.6) is 0 Å². The highest BCUT2D eigenvalue weighted by Gasteiger charge is 2.30. The lowest BCUT2D eigenvalue weighted by molar-refractivity contribution is -0.161. The van der Waals surface area contributed by atoms with Crippen LogP contribution in [0.1, 0.15) is 349 Å². The lowest BCUT2D eigenvalue weighted by atomic mass is 10.0. The quantitative estimate of drug-likeness (QED) is 0.0169. The number of aliphatic hydroxyl groups is 1. The molecule has 0 spiro atoms. The number of phosphoric ester groups is 2. The van der Waals surface area contributed by atoms with E-state index >= 15 is 0 Å². The van der Waals surface area contributed by atoms with Gasteiger partial charge in [-0.3, -0.25) is 37.3 Å². The molecule has 0 radical (unpaired) electrons. The van der Waals surface area contributed by atoms with Gasteiger partial charge in [-0.15, -0.1) is 0 Å². The second-order valence-corrected chi connectivity index (χ2v) is 29.6. The zero-order valence-electron chi connectivity index (χ0n) is 63.4. The molecule has 0 aromatic heterocycles. The predicted octanol–water partition coefficient (Wildman–Crippen LogP) is 23.0. The van der Waals surface area contributed by atoms with Crippen LogP contribution in [0.15, 0.2) is 85.1 Å². The summed E-state index contributed by atoms with van der Waals surface area (Å²) in [6, 6.07) is 0. The van der Waals surface area contributed by atoms with Crippen molar-refractivity contribution in [3.05, 3.63) is 85.1 Å². The zero-order chi connectivity index (χ0) is 73.2. The van der Waals surface area contributed by atoms with E-state index in [0.29, 0.717) is 25.7 Å². The predicted molar refractivity (Wildman–Crippen MR) is 409 cm³/mol. The minimum atomic E-state index is -4.99. The minimum Gasteiger partial charge on any atom is -0.462 e. The van der Waals surface area contributed by atoms with E-state index in [1.165, 1.54) is 154 Å². The van der Waals surface area contributed by atoms with Gasteiger partial charge < -0.3 is 33.8 Å². The Hall–Kier alpha value is -3.76. The Bertz CT molecular complexity index is 2230. The van der Waals surface area contributed by atoms with Crippen molar-refractivity contribution < 1.29 is 80.2 Å². The highest BCUT2D eigenvalue weighted by Crippen LogP contribution is 2.45. The van der Waals surface area contributed by atoms with Gasteiger partial charge in [-0.2, -0.15) is 0 Å². The molecule has 100 heavy (non-hydrogen) atoms. The fourth-order valence-corrected chi connectivity index (χ4v) is 12.4. The normalized spacial score (nSPS) is 14.3. The summed E-state index contributed by atoms with van der Waals surface area (Å²) in [6.45, 7) is 4.67. The molecule has 5 atom stereocenters. The van der Waals surface area contributed by atoms with E-state index in [-0.39, 0.29) is 25.7 Å². The molecule has 0 saturated heterocycles. The number of allylic oxidation sites excluding steroid dienone is 13. The first-order valence-electron chi connectivity index (χ1n) is 39.8. The zero-order valence-corrected chi connectivity index (χ0v) is 65.2. The van der Waals surface area contributed by atoms with Gasteiger partial charge in [0.15, 0.2) is 12.2 Å². The Balaban J connectivity index is 5.40. The van der Waals surface area contributed by atoms with Crippen molar-refractivity contribution in [1.82, 2.24) is 0 Å². The van der Waals surface area contributed by atoms with Crippen LogP contribution in [-0.2, 0) is 65.4 Å². The molecule has 0 saturated carbocycles. The van der Waals surface area contributed by atoms with E-state index in [2.05, 4.69) is 88.5 Å². The topological polar surface area (TPSA) is 237 Å². The van der Waals surface area contributed by atoms with Crippen LogP contribution in [0.2, 0.25) is 0 Å². The number of carbonyl (C=O) groups excluding carboxylic acids is 4. The maximum Gasteiger partial charge on any atom is 0.472 e. The van der Waals surface area contributed by atoms with Crippen molar-refractivity contribution in [2.75, 3.05) is 39.6 Å². The summed E-state index contributed by atoms with van der Waals surface area (Å²) in [5.41, 5.74) is 0. The van der Waals surface area contributed by atoms with E-state index in [4.69, 9.17) is 37.0 Å². The first kappa shape index (κ1) is 96.2. The fourth-order valence-electron chi connectivity index (χ4n) is 10.9. The molecule has 0 aliphatic heterocycles. The largest absolute Gasteiger partial charge is 0.472 e. The number of rotatable bonds is 75. The van der Waals surface area contributed by atoms with Crippen molar-refractivity contribution in [3.63, 3.8) is 0 Å². The van der Waals surface area contributed by atoms with Gasteiger partial charge in [-0.05, 0) is 83.5 Å². The third kappa shape index (κ3) is 72.6. The summed E-state index contributed by atoms with van der Waals surface area (Å²) in [5.74, 6) is -2.31. The highest BCUT2D eigenvalue weighted by molar-refractivity contribution is 7.47. The number of ether oxygens (including phenoxy) is 4. The third-order valence-corrected chi connectivity index (χ3v) is 18.8. The number of hydrogen-bond donors (Lipinski definition) is 3. The molecule has 0 amide bonds. The lowest BCUT2D eigenvalue weighted by Gasteiger charge is -2.21. The fraction of sp³-hybridized carbons (Fsp3) is 0.778. The number of unbranched alkanes of at least 4 members (excludes halogenated alkanes) is 36. The molecule has 0 aromatic carbocycles. The number of esters is 4. The minimum absolute atomic E-state index is 0.0609. The van der Waals surface area contributed by atoms with Crippen LogP contribution < -0.4 is 0 Å². The van der Waals surface area contributed by atoms with Crippen LogP contribution >= 0.6 is 15.6 Å². The summed E-state index contributed by atoms with van der Waals surface area (Å²) in [5, 5.41) is 10.6. The maximum atomic E-state index is 13.1. The molecule has 0 heterocycles. The average Bonchev–Trinajstić information content (AvgIpc) is 1.01. The van der Waals surface area contributed by atoms with E-state index in [1.807, 2.05) is 18.2 Å². The Morgan fingerprint density at radius 1 is 0.300 bits per heavy atom. The van der Waals surface area contributed by atoms with Crippen molar-refractivity contribution in [3.8, 4) is 0 Å². The van der Waals surface area contributed by atoms with Crippen LogP contribution in [0.3, 0.4) is 0 Å². The molecular formula is C81H144O17P2. The number of carbonyl (C=O) groups is 4. The second kappa shape index (κ2) is 73.5. The van der Waals surface area contributed by atoms with E-state index in [9.17, 15) is 43.2 Å². The lowest BCUT2D eigenvalue weighted by Crippen LogP contribution is -2.30. The molecule has 19 heteroatoms. The molecule has 5 unspecified atom stereocenters. The van der Waals surface area contributed by atoms with Crippen molar-refractivity contribution in [1.29, 1.82) is 0 Å². The van der Waals surface area contributed by atoms with Crippen LogP contribution in [0.4, 0.5) is 0 Å². The SMILES string of the molecule is CC/C=C\C/C=C\C/C=C\C/C=C\C/C=C\CC(=O)OCC(COP(=O)(O)OCC(O)COP(=O)(O)OCC(COC(=O)CCCCCCCCCCCCCCCCC)OC(=O)CCCCCCCCCCCCCCCCC)OC(=O)CCCCCCC/C=C\C/C=C\CCCCC. The Morgan fingerprint density at radius 2 is 0.560 bits per heavy atom. The van der Waals surface area contributed by atoms with Gasteiger partial charge in [0.1, 0.15) is 19.3 Å². The Kier molecular flexibility index (Phi) is 70.8. The van der Waals surface area contributed by atoms with Crippen molar-refractivity contribution in [2.45, 2.75) is 367 Å². The number of phosphoric acid groups is 2. The van der Waals surface area contributed by atoms with Gasteiger partial charge in [-0.25, -0.2) is 9.13 Å². The first-order valence-corrected chi connectivity index (χ1v) is 42.8. The van der Waals surface area contributed by atoms with Crippen LogP contribution in [0, 0.1) is 0 Å². The molecule has 17 nitrogen and oxygen atoms in total. The summed E-state index contributed by atoms with van der Waals surface area (Å²) in [6.07, 6.45) is 75.9. The van der Waals surface area contributed by atoms with Gasteiger partial charge in [-0.1, -0.05) is 325 Å². The number of hydrogen-bond acceptors (Lipinski definition) is 15. The summed E-state index contributed by atoms with van der Waals surface area (Å²) < 4.78 is 68.5. The Labute approximate surface area is 608 Å². The highest BCUT2D eigenvalue weighted by atomic mass is 31.2. The summed E-state index contributed by atoms with van der Waals surface area (Å²) in [7, 11) is -9.97. The van der Waals surface area contributed by atoms with Gasteiger partial charge in [0, 0.05) is 19.3 Å². The second-order valence-electron chi connectivity index (χ2n) is 26.7. The first-order chi connectivity index (χ1) is 48.7.